The topological polar surface area (TPSA) is 61.4 Å². The third-order valence-corrected chi connectivity index (χ3v) is 7.24. The van der Waals surface area contributed by atoms with Gasteiger partial charge in [-0.1, -0.05) is 65.7 Å². The van der Waals surface area contributed by atoms with Crippen molar-refractivity contribution in [2.75, 3.05) is 20.1 Å². The average Bonchev–Trinajstić information content (AvgIpc) is 2.86. The molecule has 1 N–H and O–H groups in total. The molecular weight excluding hydrogens is 469 g/mol. The fraction of sp³-hybridized carbons (Fsp3) is 0.346. The van der Waals surface area contributed by atoms with Crippen molar-refractivity contribution < 1.29 is 4.79 Å². The first-order valence-electron chi connectivity index (χ1n) is 11.5. The molecule has 178 valence electrons. The van der Waals surface area contributed by atoms with E-state index >= 15 is 0 Å². The zero-order valence-corrected chi connectivity index (χ0v) is 20.9. The molecule has 2 heterocycles. The molecular formula is C26H29Cl2N5O. The smallest absolute Gasteiger partial charge is 0.318 e. The predicted molar refractivity (Wildman–Crippen MR) is 137 cm³/mol. The summed E-state index contributed by atoms with van der Waals surface area (Å²) in [5, 5.41) is 3.96. The molecule has 0 unspecified atom stereocenters. The molecule has 1 aliphatic heterocycles. The summed E-state index contributed by atoms with van der Waals surface area (Å²) in [6, 6.07) is 13.6. The quantitative estimate of drug-likeness (QED) is 0.466. The fourth-order valence-electron chi connectivity index (χ4n) is 4.33. The largest absolute Gasteiger partial charge is 0.331 e. The molecule has 2 aromatic carbocycles. The molecule has 6 nitrogen and oxygen atoms in total. The second-order valence-electron chi connectivity index (χ2n) is 8.74. The Morgan fingerprint density at radius 3 is 2.53 bits per heavy atom. The number of urea groups is 1. The van der Waals surface area contributed by atoms with Crippen molar-refractivity contribution in [3.05, 3.63) is 82.2 Å². The Balaban J connectivity index is 1.53. The first-order chi connectivity index (χ1) is 16.4. The Morgan fingerprint density at radius 1 is 1.12 bits per heavy atom. The van der Waals surface area contributed by atoms with Crippen LogP contribution in [0.2, 0.25) is 10.0 Å². The number of amides is 2. The Labute approximate surface area is 210 Å². The lowest BCUT2D eigenvalue weighted by Gasteiger charge is -2.38. The summed E-state index contributed by atoms with van der Waals surface area (Å²) in [4.78, 5) is 26.2. The van der Waals surface area contributed by atoms with Gasteiger partial charge in [-0.25, -0.2) is 4.79 Å². The van der Waals surface area contributed by atoms with Gasteiger partial charge in [-0.15, -0.1) is 0 Å². The van der Waals surface area contributed by atoms with E-state index in [9.17, 15) is 4.79 Å². The van der Waals surface area contributed by atoms with Crippen LogP contribution in [-0.4, -0.2) is 52.0 Å². The van der Waals surface area contributed by atoms with Crippen LogP contribution in [0.5, 0.6) is 0 Å². The van der Waals surface area contributed by atoms with Crippen molar-refractivity contribution in [1.29, 1.82) is 0 Å². The van der Waals surface area contributed by atoms with Crippen molar-refractivity contribution >= 4 is 29.2 Å². The SMILES string of the molecule is C[C@H](NC(=O)N(Cc1ccccc1)C1CCN(C)CC1)c1ccc(-c2cnccn2)c(Cl)c1Cl. The number of benzene rings is 2. The number of hydrogen-bond acceptors (Lipinski definition) is 4. The highest BCUT2D eigenvalue weighted by Gasteiger charge is 2.28. The molecule has 4 rings (SSSR count). The second kappa shape index (κ2) is 11.2. The summed E-state index contributed by atoms with van der Waals surface area (Å²) in [5.41, 5.74) is 3.22. The standard InChI is InChI=1S/C26H29Cl2N5O/c1-18(21-8-9-22(25(28)24(21)27)23-16-29-12-13-30-23)31-26(34)33(17-19-6-4-3-5-7-19)20-10-14-32(2)15-11-20/h3-9,12-13,16,18,20H,10-11,14-15,17H2,1-2H3,(H,31,34)/t18-/m0/s1. The minimum Gasteiger partial charge on any atom is -0.331 e. The minimum atomic E-state index is -0.321. The van der Waals surface area contributed by atoms with E-state index < -0.39 is 0 Å². The number of nitrogens with one attached hydrogen (secondary N) is 1. The second-order valence-corrected chi connectivity index (χ2v) is 9.50. The van der Waals surface area contributed by atoms with Gasteiger partial charge in [0, 0.05) is 30.5 Å². The van der Waals surface area contributed by atoms with Crippen LogP contribution in [0.3, 0.4) is 0 Å². The minimum absolute atomic E-state index is 0.101. The summed E-state index contributed by atoms with van der Waals surface area (Å²) >= 11 is 13.2. The number of carbonyl (C=O) groups excluding carboxylic acids is 1. The molecule has 8 heteroatoms. The van der Waals surface area contributed by atoms with Gasteiger partial charge < -0.3 is 15.1 Å². The zero-order chi connectivity index (χ0) is 24.1. The molecule has 1 aliphatic rings. The van der Waals surface area contributed by atoms with E-state index in [0.29, 0.717) is 27.8 Å². The molecule has 0 radical (unpaired) electrons. The Kier molecular flexibility index (Phi) is 8.03. The van der Waals surface area contributed by atoms with Gasteiger partial charge in [0.15, 0.2) is 0 Å². The summed E-state index contributed by atoms with van der Waals surface area (Å²) in [6.45, 7) is 4.44. The van der Waals surface area contributed by atoms with Crippen LogP contribution in [0.15, 0.2) is 61.1 Å². The van der Waals surface area contributed by atoms with Gasteiger partial charge in [0.2, 0.25) is 0 Å². The Morgan fingerprint density at radius 2 is 1.85 bits per heavy atom. The van der Waals surface area contributed by atoms with Crippen LogP contribution >= 0.6 is 23.2 Å². The van der Waals surface area contributed by atoms with Crippen LogP contribution < -0.4 is 5.32 Å². The maximum atomic E-state index is 13.5. The van der Waals surface area contributed by atoms with Gasteiger partial charge in [-0.3, -0.25) is 9.97 Å². The van der Waals surface area contributed by atoms with Gasteiger partial charge >= 0.3 is 6.03 Å². The van der Waals surface area contributed by atoms with E-state index in [-0.39, 0.29) is 18.1 Å². The summed E-state index contributed by atoms with van der Waals surface area (Å²) < 4.78 is 0. The van der Waals surface area contributed by atoms with E-state index in [1.807, 2.05) is 42.2 Å². The molecule has 1 aromatic heterocycles. The number of nitrogens with zero attached hydrogens (tertiary/aromatic N) is 4. The number of likely N-dealkylation sites (tertiary alicyclic amines) is 1. The number of hydrogen-bond donors (Lipinski definition) is 1. The lowest BCUT2D eigenvalue weighted by Crippen LogP contribution is -2.50. The highest BCUT2D eigenvalue weighted by atomic mass is 35.5. The molecule has 2 amide bonds. The highest BCUT2D eigenvalue weighted by Crippen LogP contribution is 2.37. The monoisotopic (exact) mass is 497 g/mol. The summed E-state index contributed by atoms with van der Waals surface area (Å²) in [7, 11) is 2.12. The number of piperidine rings is 1. The predicted octanol–water partition coefficient (Wildman–Crippen LogP) is 5.82. The molecule has 1 fully saturated rings. The average molecular weight is 498 g/mol. The zero-order valence-electron chi connectivity index (χ0n) is 19.4. The molecule has 1 atom stereocenters. The summed E-state index contributed by atoms with van der Waals surface area (Å²) in [5.74, 6) is 0. The third-order valence-electron chi connectivity index (χ3n) is 6.34. The maximum Gasteiger partial charge on any atom is 0.318 e. The Bertz CT molecular complexity index is 1100. The maximum absolute atomic E-state index is 13.5. The van der Waals surface area contributed by atoms with Crippen molar-refractivity contribution in [1.82, 2.24) is 25.1 Å². The molecule has 1 saturated heterocycles. The number of carbonyl (C=O) groups is 1. The highest BCUT2D eigenvalue weighted by molar-refractivity contribution is 6.44. The van der Waals surface area contributed by atoms with Crippen LogP contribution in [0.4, 0.5) is 4.79 Å². The van der Waals surface area contributed by atoms with Crippen LogP contribution in [0, 0.1) is 0 Å². The van der Waals surface area contributed by atoms with Gasteiger partial charge in [-0.05, 0) is 51.0 Å². The summed E-state index contributed by atoms with van der Waals surface area (Å²) in [6.07, 6.45) is 6.76. The van der Waals surface area contributed by atoms with Crippen molar-refractivity contribution in [3.8, 4) is 11.3 Å². The molecule has 0 bridgehead atoms. The lowest BCUT2D eigenvalue weighted by atomic mass is 10.0. The van der Waals surface area contributed by atoms with Gasteiger partial charge in [0.25, 0.3) is 0 Å². The molecule has 0 spiro atoms. The van der Waals surface area contributed by atoms with Crippen molar-refractivity contribution in [2.24, 2.45) is 0 Å². The molecule has 0 aliphatic carbocycles. The van der Waals surface area contributed by atoms with E-state index in [0.717, 1.165) is 37.1 Å². The number of halogens is 2. The Hall–Kier alpha value is -2.67. The van der Waals surface area contributed by atoms with Crippen molar-refractivity contribution in [2.45, 2.75) is 38.4 Å². The first-order valence-corrected chi connectivity index (χ1v) is 12.2. The van der Waals surface area contributed by atoms with E-state index in [2.05, 4.69) is 39.4 Å². The van der Waals surface area contributed by atoms with Gasteiger partial charge in [0.1, 0.15) is 0 Å². The lowest BCUT2D eigenvalue weighted by molar-refractivity contribution is 0.125. The van der Waals surface area contributed by atoms with Crippen molar-refractivity contribution in [3.63, 3.8) is 0 Å². The molecule has 3 aromatic rings. The van der Waals surface area contributed by atoms with Crippen LogP contribution in [0.25, 0.3) is 11.3 Å². The van der Waals surface area contributed by atoms with Crippen LogP contribution in [-0.2, 0) is 6.54 Å². The third kappa shape index (κ3) is 5.69. The molecule has 34 heavy (non-hydrogen) atoms. The normalized spacial score (nSPS) is 15.6. The fourth-order valence-corrected chi connectivity index (χ4v) is 4.93. The number of rotatable bonds is 6. The first kappa shape index (κ1) is 24.5. The van der Waals surface area contributed by atoms with Gasteiger partial charge in [0.05, 0.1) is 28.0 Å². The van der Waals surface area contributed by atoms with E-state index in [1.165, 1.54) is 0 Å². The van der Waals surface area contributed by atoms with E-state index in [4.69, 9.17) is 23.2 Å². The number of aromatic nitrogens is 2. The van der Waals surface area contributed by atoms with Gasteiger partial charge in [-0.2, -0.15) is 0 Å². The molecule has 0 saturated carbocycles. The van der Waals surface area contributed by atoms with E-state index in [1.54, 1.807) is 18.6 Å². The van der Waals surface area contributed by atoms with Crippen LogP contribution in [0.1, 0.15) is 36.9 Å².